The molecule has 0 aliphatic heterocycles. The summed E-state index contributed by atoms with van der Waals surface area (Å²) in [6, 6.07) is 0.253. The second-order valence-electron chi connectivity index (χ2n) is 7.31. The molecular formula is C16H29NO2. The average Bonchev–Trinajstić information content (AvgIpc) is 2.36. The van der Waals surface area contributed by atoms with Crippen molar-refractivity contribution in [2.45, 2.75) is 51.0 Å². The lowest BCUT2D eigenvalue weighted by Gasteiger charge is -2.58. The van der Waals surface area contributed by atoms with Crippen molar-refractivity contribution < 1.29 is 9.47 Å². The van der Waals surface area contributed by atoms with E-state index in [0.29, 0.717) is 5.41 Å². The Hall–Kier alpha value is -0.120. The topological polar surface area (TPSA) is 44.5 Å². The monoisotopic (exact) mass is 267 g/mol. The van der Waals surface area contributed by atoms with Gasteiger partial charge in [0.2, 0.25) is 0 Å². The van der Waals surface area contributed by atoms with Crippen molar-refractivity contribution in [2.24, 2.45) is 28.9 Å². The van der Waals surface area contributed by atoms with Gasteiger partial charge in [-0.05, 0) is 68.1 Å². The molecule has 0 amide bonds. The summed E-state index contributed by atoms with van der Waals surface area (Å²) in [4.78, 5) is 0. The van der Waals surface area contributed by atoms with E-state index < -0.39 is 0 Å². The van der Waals surface area contributed by atoms with Gasteiger partial charge in [-0.15, -0.1) is 0 Å². The molecule has 0 heterocycles. The van der Waals surface area contributed by atoms with E-state index in [1.807, 2.05) is 0 Å². The van der Waals surface area contributed by atoms with Crippen LogP contribution in [0, 0.1) is 23.2 Å². The number of rotatable bonds is 7. The second-order valence-corrected chi connectivity index (χ2v) is 7.31. The van der Waals surface area contributed by atoms with Gasteiger partial charge in [-0.2, -0.15) is 0 Å². The fraction of sp³-hybridized carbons (Fsp3) is 1.00. The van der Waals surface area contributed by atoms with Crippen LogP contribution < -0.4 is 5.73 Å². The van der Waals surface area contributed by atoms with Crippen LogP contribution >= 0.6 is 0 Å². The molecule has 0 aromatic heterocycles. The van der Waals surface area contributed by atoms with Crippen molar-refractivity contribution in [3.8, 4) is 0 Å². The van der Waals surface area contributed by atoms with Crippen molar-refractivity contribution in [3.05, 3.63) is 0 Å². The van der Waals surface area contributed by atoms with Crippen molar-refractivity contribution in [1.29, 1.82) is 0 Å². The van der Waals surface area contributed by atoms with Gasteiger partial charge in [0.05, 0.1) is 6.61 Å². The van der Waals surface area contributed by atoms with Crippen molar-refractivity contribution in [1.82, 2.24) is 0 Å². The number of hydrogen-bond acceptors (Lipinski definition) is 3. The van der Waals surface area contributed by atoms with Gasteiger partial charge in [-0.3, -0.25) is 0 Å². The summed E-state index contributed by atoms with van der Waals surface area (Å²) in [7, 11) is 1.74. The molecule has 4 bridgehead atoms. The second kappa shape index (κ2) is 5.71. The van der Waals surface area contributed by atoms with E-state index in [1.165, 1.54) is 38.5 Å². The Kier molecular flexibility index (Phi) is 4.16. The average molecular weight is 267 g/mol. The Morgan fingerprint density at radius 2 is 1.63 bits per heavy atom. The minimum atomic E-state index is 0.253. The molecule has 4 aliphatic carbocycles. The van der Waals surface area contributed by atoms with E-state index in [-0.39, 0.29) is 6.04 Å². The predicted octanol–water partition coefficient (Wildman–Crippen LogP) is 2.58. The van der Waals surface area contributed by atoms with Crippen LogP contribution in [0.25, 0.3) is 0 Å². The zero-order valence-corrected chi connectivity index (χ0v) is 12.3. The van der Waals surface area contributed by atoms with Crippen LogP contribution in [0.1, 0.15) is 44.9 Å². The predicted molar refractivity (Wildman–Crippen MR) is 75.9 cm³/mol. The summed E-state index contributed by atoms with van der Waals surface area (Å²) in [6.07, 6.45) is 9.57. The van der Waals surface area contributed by atoms with Crippen molar-refractivity contribution >= 4 is 0 Å². The van der Waals surface area contributed by atoms with Crippen LogP contribution in [0.2, 0.25) is 0 Å². The molecule has 4 rings (SSSR count). The fourth-order valence-corrected chi connectivity index (χ4v) is 5.32. The first kappa shape index (κ1) is 13.8. The maximum atomic E-state index is 6.53. The SMILES string of the molecule is COCCCOCC(N)C12CC3CC(CC(C3)C1)C2. The Balaban J connectivity index is 1.50. The minimum Gasteiger partial charge on any atom is -0.385 e. The molecule has 0 aromatic rings. The highest BCUT2D eigenvalue weighted by molar-refractivity contribution is 5.05. The van der Waals surface area contributed by atoms with Gasteiger partial charge in [0.15, 0.2) is 0 Å². The number of methoxy groups -OCH3 is 1. The van der Waals surface area contributed by atoms with E-state index in [9.17, 15) is 0 Å². The molecule has 3 nitrogen and oxygen atoms in total. The van der Waals surface area contributed by atoms with Gasteiger partial charge in [0.1, 0.15) is 0 Å². The third kappa shape index (κ3) is 2.84. The number of ether oxygens (including phenoxy) is 2. The quantitative estimate of drug-likeness (QED) is 0.721. The summed E-state index contributed by atoms with van der Waals surface area (Å²) in [5.41, 5.74) is 6.96. The minimum absolute atomic E-state index is 0.253. The van der Waals surface area contributed by atoms with Crippen LogP contribution in [-0.4, -0.2) is 33.0 Å². The number of hydrogen-bond donors (Lipinski definition) is 1. The van der Waals surface area contributed by atoms with E-state index in [4.69, 9.17) is 15.2 Å². The maximum Gasteiger partial charge on any atom is 0.0622 e. The highest BCUT2D eigenvalue weighted by Crippen LogP contribution is 2.60. The molecule has 0 spiro atoms. The van der Waals surface area contributed by atoms with E-state index in [2.05, 4.69) is 0 Å². The normalized spacial score (nSPS) is 41.7. The first-order chi connectivity index (χ1) is 9.22. The lowest BCUT2D eigenvalue weighted by atomic mass is 9.48. The first-order valence-electron chi connectivity index (χ1n) is 8.04. The zero-order chi connectivity index (χ0) is 13.3. The van der Waals surface area contributed by atoms with E-state index in [0.717, 1.165) is 44.0 Å². The smallest absolute Gasteiger partial charge is 0.0622 e. The van der Waals surface area contributed by atoms with Crippen molar-refractivity contribution in [2.75, 3.05) is 26.9 Å². The molecule has 2 N–H and O–H groups in total. The molecule has 0 aromatic carbocycles. The highest BCUT2D eigenvalue weighted by atomic mass is 16.5. The molecule has 1 unspecified atom stereocenters. The van der Waals surface area contributed by atoms with Gasteiger partial charge < -0.3 is 15.2 Å². The molecule has 4 fully saturated rings. The molecule has 4 saturated carbocycles. The standard InChI is InChI=1S/C16H29NO2/c1-18-3-2-4-19-11-15(17)16-8-12-5-13(9-16)7-14(6-12)10-16/h12-15H,2-11,17H2,1H3. The van der Waals surface area contributed by atoms with Gasteiger partial charge in [0, 0.05) is 26.4 Å². The molecule has 19 heavy (non-hydrogen) atoms. The summed E-state index contributed by atoms with van der Waals surface area (Å²) in [5, 5.41) is 0. The Bertz CT molecular complexity index is 270. The lowest BCUT2D eigenvalue weighted by Crippen LogP contribution is -2.56. The highest BCUT2D eigenvalue weighted by Gasteiger charge is 2.53. The van der Waals surface area contributed by atoms with Crippen LogP contribution in [0.5, 0.6) is 0 Å². The fourth-order valence-electron chi connectivity index (χ4n) is 5.32. The van der Waals surface area contributed by atoms with E-state index >= 15 is 0 Å². The van der Waals surface area contributed by atoms with Gasteiger partial charge in [-0.25, -0.2) is 0 Å². The largest absolute Gasteiger partial charge is 0.385 e. The molecule has 3 heteroatoms. The Labute approximate surface area is 117 Å². The number of nitrogens with two attached hydrogens (primary N) is 1. The first-order valence-corrected chi connectivity index (χ1v) is 8.04. The van der Waals surface area contributed by atoms with E-state index in [1.54, 1.807) is 7.11 Å². The molecule has 0 saturated heterocycles. The Morgan fingerprint density at radius 1 is 1.05 bits per heavy atom. The van der Waals surface area contributed by atoms with Crippen LogP contribution in [0.15, 0.2) is 0 Å². The molecule has 4 aliphatic rings. The van der Waals surface area contributed by atoms with Gasteiger partial charge >= 0.3 is 0 Å². The third-order valence-corrected chi connectivity index (χ3v) is 5.81. The molecule has 1 atom stereocenters. The molecular weight excluding hydrogens is 238 g/mol. The van der Waals surface area contributed by atoms with Crippen LogP contribution in [-0.2, 0) is 9.47 Å². The van der Waals surface area contributed by atoms with Crippen LogP contribution in [0.3, 0.4) is 0 Å². The summed E-state index contributed by atoms with van der Waals surface area (Å²) < 4.78 is 10.8. The van der Waals surface area contributed by atoms with Crippen molar-refractivity contribution in [3.63, 3.8) is 0 Å². The zero-order valence-electron chi connectivity index (χ0n) is 12.3. The molecule has 0 radical (unpaired) electrons. The van der Waals surface area contributed by atoms with Gasteiger partial charge in [0.25, 0.3) is 0 Å². The summed E-state index contributed by atoms with van der Waals surface area (Å²) >= 11 is 0. The summed E-state index contributed by atoms with van der Waals surface area (Å²) in [6.45, 7) is 2.32. The molecule has 110 valence electrons. The summed E-state index contributed by atoms with van der Waals surface area (Å²) in [5.74, 6) is 2.93. The Morgan fingerprint density at radius 3 is 2.16 bits per heavy atom. The maximum absolute atomic E-state index is 6.53. The lowest BCUT2D eigenvalue weighted by molar-refractivity contribution is -0.0810. The van der Waals surface area contributed by atoms with Gasteiger partial charge in [-0.1, -0.05) is 0 Å². The van der Waals surface area contributed by atoms with Crippen LogP contribution in [0.4, 0.5) is 0 Å². The third-order valence-electron chi connectivity index (χ3n) is 5.81.